The van der Waals surface area contributed by atoms with Gasteiger partial charge in [-0.1, -0.05) is 66.8 Å². The number of carbonyl (C=O) groups is 1. The van der Waals surface area contributed by atoms with Crippen LogP contribution in [0.15, 0.2) is 84.6 Å². The summed E-state index contributed by atoms with van der Waals surface area (Å²) in [5.74, 6) is 0.0864. The van der Waals surface area contributed by atoms with Crippen LogP contribution in [0.5, 0.6) is 0 Å². The number of allylic oxidation sites excluding steroid dienone is 3. The van der Waals surface area contributed by atoms with Gasteiger partial charge in [0.2, 0.25) is 0 Å². The van der Waals surface area contributed by atoms with E-state index < -0.39 is 0 Å². The van der Waals surface area contributed by atoms with Gasteiger partial charge in [0, 0.05) is 79.8 Å². The third-order valence-electron chi connectivity index (χ3n) is 7.74. The Kier molecular flexibility index (Phi) is 11.9. The zero-order valence-corrected chi connectivity index (χ0v) is 25.6. The predicted molar refractivity (Wildman–Crippen MR) is 174 cm³/mol. The van der Waals surface area contributed by atoms with E-state index in [4.69, 9.17) is 17.2 Å². The number of piperazine rings is 1. The molecule has 5 rings (SSSR count). The summed E-state index contributed by atoms with van der Waals surface area (Å²) in [4.78, 5) is 25.7. The minimum Gasteiger partial charge on any atom is -0.339 e. The first-order valence-electron chi connectivity index (χ1n) is 13.7. The molecule has 1 aliphatic carbocycles. The highest BCUT2D eigenvalue weighted by Crippen LogP contribution is 2.34. The van der Waals surface area contributed by atoms with Crippen LogP contribution in [-0.4, -0.2) is 76.3 Å². The quantitative estimate of drug-likeness (QED) is 0.277. The molecule has 212 valence electrons. The highest BCUT2D eigenvalue weighted by atomic mass is 35.5. The first-order chi connectivity index (χ1) is 18.6. The van der Waals surface area contributed by atoms with Crippen LogP contribution in [0.4, 0.5) is 0 Å². The van der Waals surface area contributed by atoms with Crippen molar-refractivity contribution < 1.29 is 4.79 Å². The van der Waals surface area contributed by atoms with E-state index >= 15 is 0 Å². The maximum Gasteiger partial charge on any atom is 0.253 e. The molecule has 2 heterocycles. The second-order valence-electron chi connectivity index (χ2n) is 9.98. The van der Waals surface area contributed by atoms with Gasteiger partial charge < -0.3 is 4.90 Å². The van der Waals surface area contributed by atoms with Crippen molar-refractivity contribution in [3.63, 3.8) is 0 Å². The van der Waals surface area contributed by atoms with Crippen LogP contribution in [0.3, 0.4) is 0 Å². The number of aromatic nitrogens is 1. The Hall–Kier alpha value is -2.61. The number of carbonyl (C=O) groups excluding carboxylic acids is 1. The molecule has 0 spiro atoms. The third kappa shape index (κ3) is 6.99. The smallest absolute Gasteiger partial charge is 0.253 e. The lowest BCUT2D eigenvalue weighted by Crippen LogP contribution is -2.48. The van der Waals surface area contributed by atoms with Gasteiger partial charge >= 0.3 is 0 Å². The Bertz CT molecular complexity index is 1360. The molecule has 1 aromatic heterocycles. The van der Waals surface area contributed by atoms with Crippen molar-refractivity contribution in [2.45, 2.75) is 26.3 Å². The normalized spacial score (nSPS) is 16.6. The molecule has 1 aliphatic heterocycles. The predicted octanol–water partition coefficient (Wildman–Crippen LogP) is 6.52. The molecule has 3 aromatic rings. The molecule has 0 saturated carbocycles. The molecule has 1 unspecified atom stereocenters. The maximum absolute atomic E-state index is 12.9. The number of rotatable bonds is 8. The molecule has 1 atom stereocenters. The highest BCUT2D eigenvalue weighted by molar-refractivity contribution is 7.80. The van der Waals surface area contributed by atoms with Gasteiger partial charge in [0.05, 0.1) is 11.6 Å². The molecular formula is C32H38Cl2N4OS. The van der Waals surface area contributed by atoms with Gasteiger partial charge in [0.25, 0.3) is 5.91 Å². The monoisotopic (exact) mass is 596 g/mol. The van der Waals surface area contributed by atoms with Gasteiger partial charge in [-0.25, -0.2) is 0 Å². The van der Waals surface area contributed by atoms with E-state index in [1.807, 2.05) is 43.1 Å². The van der Waals surface area contributed by atoms with Crippen LogP contribution in [-0.2, 0) is 0 Å². The SMILES string of the molecule is CCN(CC)C(=O)c1ccc(C(c2cccc3cccnc23)N2CCN(CC3=CC=CCC3=S)CC2)cc1.Cl.Cl. The number of halogens is 2. The number of fused-ring (bicyclic) bond motifs is 1. The summed E-state index contributed by atoms with van der Waals surface area (Å²) in [5, 5.41) is 1.15. The number of thiocarbonyl (C=S) groups is 1. The molecule has 1 saturated heterocycles. The summed E-state index contributed by atoms with van der Waals surface area (Å²) < 4.78 is 0. The summed E-state index contributed by atoms with van der Waals surface area (Å²) in [7, 11) is 0. The number of benzene rings is 2. The van der Waals surface area contributed by atoms with Crippen molar-refractivity contribution in [3.8, 4) is 0 Å². The van der Waals surface area contributed by atoms with Crippen LogP contribution in [0.1, 0.15) is 47.8 Å². The third-order valence-corrected chi connectivity index (χ3v) is 8.17. The minimum atomic E-state index is 0. The van der Waals surface area contributed by atoms with Crippen molar-refractivity contribution in [3.05, 3.63) is 101 Å². The molecule has 2 aromatic carbocycles. The van der Waals surface area contributed by atoms with Gasteiger partial charge in [0.1, 0.15) is 0 Å². The van der Waals surface area contributed by atoms with Gasteiger partial charge in [-0.15, -0.1) is 24.8 Å². The fourth-order valence-corrected chi connectivity index (χ4v) is 5.81. The summed E-state index contributed by atoms with van der Waals surface area (Å²) in [5.41, 5.74) is 5.45. The Labute approximate surface area is 255 Å². The highest BCUT2D eigenvalue weighted by Gasteiger charge is 2.29. The summed E-state index contributed by atoms with van der Waals surface area (Å²) in [6.45, 7) is 10.2. The van der Waals surface area contributed by atoms with Crippen molar-refractivity contribution in [2.75, 3.05) is 45.8 Å². The number of hydrogen-bond acceptors (Lipinski definition) is 5. The second-order valence-corrected chi connectivity index (χ2v) is 10.5. The molecule has 0 bridgehead atoms. The van der Waals surface area contributed by atoms with Crippen LogP contribution < -0.4 is 0 Å². The van der Waals surface area contributed by atoms with Gasteiger partial charge in [-0.2, -0.15) is 0 Å². The van der Waals surface area contributed by atoms with Crippen LogP contribution in [0, 0.1) is 0 Å². The molecule has 5 nitrogen and oxygen atoms in total. The second kappa shape index (κ2) is 14.9. The van der Waals surface area contributed by atoms with Crippen molar-refractivity contribution >= 4 is 58.7 Å². The standard InChI is InChI=1S/C32H36N4OS.2ClH/c1-3-35(4-2)32(37)26-16-14-25(15-17-26)31(28-12-7-10-24-11-8-18-33-30(24)28)36-21-19-34(20-22-36)23-27-9-5-6-13-29(27)38;;/h5-12,14-18,31H,3-4,13,19-23H2,1-2H3;2*1H. The first-order valence-corrected chi connectivity index (χ1v) is 14.1. The first kappa shape index (κ1) is 31.9. The average Bonchev–Trinajstić information content (AvgIpc) is 2.96. The van der Waals surface area contributed by atoms with E-state index in [0.29, 0.717) is 13.1 Å². The number of pyridine rings is 1. The van der Waals surface area contributed by atoms with Crippen LogP contribution >= 0.6 is 37.0 Å². The Morgan fingerprint density at radius 2 is 1.68 bits per heavy atom. The van der Waals surface area contributed by atoms with E-state index in [0.717, 1.165) is 60.5 Å². The van der Waals surface area contributed by atoms with E-state index in [9.17, 15) is 4.79 Å². The Morgan fingerprint density at radius 3 is 2.35 bits per heavy atom. The van der Waals surface area contributed by atoms with E-state index in [1.165, 1.54) is 16.7 Å². The summed E-state index contributed by atoms with van der Waals surface area (Å²) in [6.07, 6.45) is 9.18. The fraction of sp³-hybridized carbons (Fsp3) is 0.344. The van der Waals surface area contributed by atoms with E-state index in [2.05, 4.69) is 64.4 Å². The average molecular weight is 598 g/mol. The zero-order valence-electron chi connectivity index (χ0n) is 23.2. The molecule has 0 N–H and O–H groups in total. The van der Waals surface area contributed by atoms with E-state index in [1.54, 1.807) is 0 Å². The van der Waals surface area contributed by atoms with Crippen molar-refractivity contribution in [1.29, 1.82) is 0 Å². The fourth-order valence-electron chi connectivity index (χ4n) is 5.58. The molecule has 1 fully saturated rings. The van der Waals surface area contributed by atoms with Crippen LogP contribution in [0.25, 0.3) is 10.9 Å². The molecule has 1 amide bonds. The number of para-hydroxylation sites is 1. The van der Waals surface area contributed by atoms with E-state index in [-0.39, 0.29) is 36.8 Å². The Balaban J connectivity index is 0.00000220. The van der Waals surface area contributed by atoms with Gasteiger partial charge in [0.15, 0.2) is 0 Å². The number of nitrogens with zero attached hydrogens (tertiary/aromatic N) is 4. The molecule has 2 aliphatic rings. The van der Waals surface area contributed by atoms with Crippen molar-refractivity contribution in [2.24, 2.45) is 0 Å². The largest absolute Gasteiger partial charge is 0.339 e. The number of hydrogen-bond donors (Lipinski definition) is 0. The molecular weight excluding hydrogens is 559 g/mol. The van der Waals surface area contributed by atoms with Crippen LogP contribution in [0.2, 0.25) is 0 Å². The Morgan fingerprint density at radius 1 is 0.975 bits per heavy atom. The maximum atomic E-state index is 12.9. The van der Waals surface area contributed by atoms with Crippen molar-refractivity contribution in [1.82, 2.24) is 19.7 Å². The summed E-state index contributed by atoms with van der Waals surface area (Å²) in [6, 6.07) is 18.9. The topological polar surface area (TPSA) is 39.7 Å². The molecule has 0 radical (unpaired) electrons. The molecule has 40 heavy (non-hydrogen) atoms. The lowest BCUT2D eigenvalue weighted by atomic mass is 9.93. The van der Waals surface area contributed by atoms with Gasteiger partial charge in [-0.05, 0) is 43.2 Å². The minimum absolute atomic E-state index is 0. The number of amides is 1. The van der Waals surface area contributed by atoms with Gasteiger partial charge in [-0.3, -0.25) is 19.6 Å². The zero-order chi connectivity index (χ0) is 26.5. The molecule has 8 heteroatoms. The lowest BCUT2D eigenvalue weighted by molar-refractivity contribution is 0.0773. The summed E-state index contributed by atoms with van der Waals surface area (Å²) >= 11 is 5.60. The lowest BCUT2D eigenvalue weighted by Gasteiger charge is -2.40.